The van der Waals surface area contributed by atoms with Crippen LogP contribution in [0.15, 0.2) is 53.6 Å². The molecule has 0 spiro atoms. The first-order valence-electron chi connectivity index (χ1n) is 8.88. The Morgan fingerprint density at radius 1 is 1.23 bits per heavy atom. The third-order valence-electron chi connectivity index (χ3n) is 4.65. The summed E-state index contributed by atoms with van der Waals surface area (Å²) in [6.07, 6.45) is -3.49. The van der Waals surface area contributed by atoms with Gasteiger partial charge in [0.15, 0.2) is 5.69 Å². The number of halogens is 5. The van der Waals surface area contributed by atoms with Crippen LogP contribution in [0.4, 0.5) is 17.6 Å². The summed E-state index contributed by atoms with van der Waals surface area (Å²) in [7, 11) is 0. The maximum absolute atomic E-state index is 13.8. The zero-order chi connectivity index (χ0) is 21.5. The van der Waals surface area contributed by atoms with E-state index in [0.29, 0.717) is 22.4 Å². The van der Waals surface area contributed by atoms with E-state index in [1.54, 1.807) is 6.07 Å². The predicted molar refractivity (Wildman–Crippen MR) is 106 cm³/mol. The van der Waals surface area contributed by atoms with Crippen molar-refractivity contribution in [1.82, 2.24) is 15.1 Å². The van der Waals surface area contributed by atoms with Gasteiger partial charge in [-0.25, -0.2) is 9.07 Å². The third kappa shape index (κ3) is 4.04. The summed E-state index contributed by atoms with van der Waals surface area (Å²) in [6.45, 7) is 0. The lowest BCUT2D eigenvalue weighted by Gasteiger charge is -2.26. The van der Waals surface area contributed by atoms with Crippen LogP contribution in [0.2, 0.25) is 5.02 Å². The van der Waals surface area contributed by atoms with Gasteiger partial charge in [0.2, 0.25) is 0 Å². The minimum atomic E-state index is -4.84. The highest BCUT2D eigenvalue weighted by atomic mass is 35.5. The van der Waals surface area contributed by atoms with Crippen molar-refractivity contribution in [3.05, 3.63) is 76.3 Å². The Hall–Kier alpha value is -2.52. The lowest BCUT2D eigenvalue weighted by atomic mass is 10.0. The molecule has 0 aliphatic carbocycles. The minimum absolute atomic E-state index is 0.0790. The molecule has 1 atom stereocenters. The van der Waals surface area contributed by atoms with Crippen LogP contribution in [0.25, 0.3) is 5.69 Å². The van der Waals surface area contributed by atoms with E-state index in [9.17, 15) is 22.4 Å². The number of hydrogen-bond acceptors (Lipinski definition) is 3. The summed E-state index contributed by atoms with van der Waals surface area (Å²) in [6, 6.07) is 9.36. The maximum Gasteiger partial charge on any atom is 0.434 e. The summed E-state index contributed by atoms with van der Waals surface area (Å²) < 4.78 is 55.8. The number of nitrogens with one attached hydrogen (secondary N) is 1. The molecule has 0 fully saturated rings. The molecule has 0 bridgehead atoms. The summed E-state index contributed by atoms with van der Waals surface area (Å²) in [5.41, 5.74) is -1.18. The quantitative estimate of drug-likeness (QED) is 0.519. The number of fused-ring (bicyclic) bond motifs is 1. The second-order valence-electron chi connectivity index (χ2n) is 6.64. The number of carbonyl (C=O) groups is 1. The van der Waals surface area contributed by atoms with E-state index in [2.05, 4.69) is 10.4 Å². The molecule has 10 heteroatoms. The van der Waals surface area contributed by atoms with Crippen molar-refractivity contribution < 1.29 is 22.4 Å². The summed E-state index contributed by atoms with van der Waals surface area (Å²) in [5, 5.41) is 6.63. The highest BCUT2D eigenvalue weighted by molar-refractivity contribution is 7.99. The summed E-state index contributed by atoms with van der Waals surface area (Å²) in [4.78, 5) is 13.6. The number of rotatable bonds is 3. The Morgan fingerprint density at radius 2 is 2.03 bits per heavy atom. The standard InChI is InChI=1S/C20H14ClF4N3OS/c21-11-2-1-3-13(8-11)28-18(20(23,24)25)15(10-26-28)19(29)27-16-6-7-30-17-5-4-12(22)9-14(16)17/h1-5,8-10,16H,6-7H2,(H,27,29). The third-order valence-corrected chi connectivity index (χ3v) is 6.01. The van der Waals surface area contributed by atoms with Gasteiger partial charge in [0, 0.05) is 15.7 Å². The molecule has 1 N–H and O–H groups in total. The van der Waals surface area contributed by atoms with E-state index in [4.69, 9.17) is 11.6 Å². The van der Waals surface area contributed by atoms with Crippen LogP contribution in [0.5, 0.6) is 0 Å². The monoisotopic (exact) mass is 455 g/mol. The molecule has 156 valence electrons. The summed E-state index contributed by atoms with van der Waals surface area (Å²) >= 11 is 7.39. The maximum atomic E-state index is 13.8. The van der Waals surface area contributed by atoms with Crippen LogP contribution >= 0.6 is 23.4 Å². The predicted octanol–water partition coefficient (Wildman–Crippen LogP) is 5.65. The van der Waals surface area contributed by atoms with Gasteiger partial charge in [0.05, 0.1) is 23.5 Å². The lowest BCUT2D eigenvalue weighted by Crippen LogP contribution is -2.32. The van der Waals surface area contributed by atoms with Crippen molar-refractivity contribution in [1.29, 1.82) is 0 Å². The molecule has 4 rings (SSSR count). The first kappa shape index (κ1) is 20.7. The molecule has 0 radical (unpaired) electrons. The second-order valence-corrected chi connectivity index (χ2v) is 8.21. The van der Waals surface area contributed by atoms with Gasteiger partial charge in [-0.15, -0.1) is 11.8 Å². The Kier molecular flexibility index (Phi) is 5.50. The van der Waals surface area contributed by atoms with Crippen LogP contribution in [-0.2, 0) is 6.18 Å². The summed E-state index contributed by atoms with van der Waals surface area (Å²) in [5.74, 6) is -0.750. The lowest BCUT2D eigenvalue weighted by molar-refractivity contribution is -0.143. The van der Waals surface area contributed by atoms with Gasteiger partial charge in [-0.1, -0.05) is 17.7 Å². The van der Waals surface area contributed by atoms with Crippen molar-refractivity contribution in [2.45, 2.75) is 23.5 Å². The molecule has 1 aliphatic rings. The fourth-order valence-corrected chi connectivity index (χ4v) is 4.63. The van der Waals surface area contributed by atoms with Crippen molar-refractivity contribution in [2.75, 3.05) is 5.75 Å². The fraction of sp³-hybridized carbons (Fsp3) is 0.200. The fourth-order valence-electron chi connectivity index (χ4n) is 3.34. The average Bonchev–Trinajstić information content (AvgIpc) is 3.14. The Morgan fingerprint density at radius 3 is 2.77 bits per heavy atom. The number of thioether (sulfide) groups is 1. The molecule has 1 amide bonds. The first-order valence-corrected chi connectivity index (χ1v) is 10.2. The van der Waals surface area contributed by atoms with E-state index in [1.807, 2.05) is 0 Å². The largest absolute Gasteiger partial charge is 0.434 e. The van der Waals surface area contributed by atoms with Gasteiger partial charge in [-0.3, -0.25) is 4.79 Å². The minimum Gasteiger partial charge on any atom is -0.345 e. The van der Waals surface area contributed by atoms with Gasteiger partial charge in [-0.05, 0) is 48.4 Å². The number of alkyl halides is 3. The van der Waals surface area contributed by atoms with Crippen molar-refractivity contribution in [3.8, 4) is 5.69 Å². The van der Waals surface area contributed by atoms with Gasteiger partial charge in [0.1, 0.15) is 5.82 Å². The molecule has 0 saturated heterocycles. The van der Waals surface area contributed by atoms with Crippen LogP contribution in [0.3, 0.4) is 0 Å². The molecule has 1 aromatic heterocycles. The number of aromatic nitrogens is 2. The first-order chi connectivity index (χ1) is 14.2. The van der Waals surface area contributed by atoms with Crippen molar-refractivity contribution in [2.24, 2.45) is 0 Å². The van der Waals surface area contributed by atoms with E-state index in [1.165, 1.54) is 48.2 Å². The normalized spacial score (nSPS) is 16.2. The SMILES string of the molecule is O=C(NC1CCSc2ccc(F)cc21)c1cnn(-c2cccc(Cl)c2)c1C(F)(F)F. The topological polar surface area (TPSA) is 46.9 Å². The van der Waals surface area contributed by atoms with Crippen LogP contribution < -0.4 is 5.32 Å². The zero-order valence-corrected chi connectivity index (χ0v) is 16.8. The van der Waals surface area contributed by atoms with Gasteiger partial charge < -0.3 is 5.32 Å². The number of hydrogen-bond donors (Lipinski definition) is 1. The van der Waals surface area contributed by atoms with Gasteiger partial charge in [0.25, 0.3) is 5.91 Å². The smallest absolute Gasteiger partial charge is 0.345 e. The molecule has 1 unspecified atom stereocenters. The molecule has 30 heavy (non-hydrogen) atoms. The molecule has 3 aromatic rings. The second kappa shape index (κ2) is 7.96. The number of amides is 1. The highest BCUT2D eigenvalue weighted by Gasteiger charge is 2.41. The zero-order valence-electron chi connectivity index (χ0n) is 15.2. The molecule has 2 heterocycles. The Balaban J connectivity index is 1.70. The number of benzene rings is 2. The molecule has 4 nitrogen and oxygen atoms in total. The van der Waals surface area contributed by atoms with E-state index >= 15 is 0 Å². The molecule has 2 aromatic carbocycles. The van der Waals surface area contributed by atoms with Crippen LogP contribution in [-0.4, -0.2) is 21.4 Å². The molecular formula is C20H14ClF4N3OS. The van der Waals surface area contributed by atoms with Gasteiger partial charge in [-0.2, -0.15) is 18.3 Å². The van der Waals surface area contributed by atoms with Crippen LogP contribution in [0.1, 0.15) is 34.1 Å². The number of carbonyl (C=O) groups excluding carboxylic acids is 1. The Bertz CT molecular complexity index is 1120. The van der Waals surface area contributed by atoms with Crippen molar-refractivity contribution in [3.63, 3.8) is 0 Å². The van der Waals surface area contributed by atoms with E-state index < -0.39 is 35.2 Å². The molecule has 0 saturated carbocycles. The molecule has 1 aliphatic heterocycles. The van der Waals surface area contributed by atoms with E-state index in [0.717, 1.165) is 11.1 Å². The Labute approximate surface area is 178 Å². The molecular weight excluding hydrogens is 442 g/mol. The van der Waals surface area contributed by atoms with Crippen molar-refractivity contribution >= 4 is 29.3 Å². The average molecular weight is 456 g/mol. The van der Waals surface area contributed by atoms with Crippen LogP contribution in [0, 0.1) is 5.82 Å². The number of nitrogens with zero attached hydrogens (tertiary/aromatic N) is 2. The highest BCUT2D eigenvalue weighted by Crippen LogP contribution is 2.38. The van der Waals surface area contributed by atoms with Gasteiger partial charge >= 0.3 is 6.18 Å². The van der Waals surface area contributed by atoms with E-state index in [-0.39, 0.29) is 10.7 Å².